The van der Waals surface area contributed by atoms with Gasteiger partial charge in [-0.25, -0.2) is 4.79 Å². The summed E-state index contributed by atoms with van der Waals surface area (Å²) in [5.74, 6) is -0.774. The molecule has 0 aromatic rings. The number of rotatable bonds is 4. The predicted molar refractivity (Wildman–Crippen MR) is 78.4 cm³/mol. The van der Waals surface area contributed by atoms with Crippen molar-refractivity contribution in [2.45, 2.75) is 49.9 Å². The second kappa shape index (κ2) is 6.82. The molecular weight excluding hydrogens is 310 g/mol. The fourth-order valence-corrected chi connectivity index (χ4v) is 3.83. The topological polar surface area (TPSA) is 103 Å². The number of piperidine rings is 1. The number of nitriles is 1. The molecule has 0 unspecified atom stereocenters. The summed E-state index contributed by atoms with van der Waals surface area (Å²) in [6.07, 6.45) is 3.07. The van der Waals surface area contributed by atoms with Gasteiger partial charge in [0.2, 0.25) is 5.91 Å². The molecule has 122 valence electrons. The van der Waals surface area contributed by atoms with Crippen molar-refractivity contribution in [3.63, 3.8) is 0 Å². The summed E-state index contributed by atoms with van der Waals surface area (Å²) in [5, 5.41) is 21.0. The van der Waals surface area contributed by atoms with E-state index in [4.69, 9.17) is 15.1 Å². The summed E-state index contributed by atoms with van der Waals surface area (Å²) >= 11 is 0. The highest BCUT2D eigenvalue weighted by atomic mass is 35.5. The Morgan fingerprint density at radius 3 is 2.77 bits per heavy atom. The highest BCUT2D eigenvalue weighted by Gasteiger charge is 2.50. The summed E-state index contributed by atoms with van der Waals surface area (Å²) in [6, 6.07) is 1.70. The molecule has 0 radical (unpaired) electrons. The molecule has 1 saturated carbocycles. The van der Waals surface area contributed by atoms with Crippen molar-refractivity contribution in [1.82, 2.24) is 10.2 Å². The maximum absolute atomic E-state index is 12.6. The number of ether oxygens (including phenoxy) is 1. The molecule has 1 aliphatic carbocycles. The molecule has 2 saturated heterocycles. The minimum atomic E-state index is -0.973. The van der Waals surface area contributed by atoms with E-state index in [9.17, 15) is 9.59 Å². The molecule has 0 aromatic carbocycles. The largest absolute Gasteiger partial charge is 0.480 e. The smallest absolute Gasteiger partial charge is 0.329 e. The zero-order valence-electron chi connectivity index (χ0n) is 12.1. The van der Waals surface area contributed by atoms with E-state index in [0.29, 0.717) is 13.0 Å². The lowest BCUT2D eigenvalue weighted by atomic mass is 9.97. The van der Waals surface area contributed by atoms with Gasteiger partial charge in [-0.15, -0.1) is 12.4 Å². The van der Waals surface area contributed by atoms with Gasteiger partial charge in [0.05, 0.1) is 18.2 Å². The number of aliphatic carboxylic acids is 1. The molecule has 3 fully saturated rings. The Bertz CT molecular complexity index is 495. The Balaban J connectivity index is 0.00000176. The molecule has 8 heteroatoms. The number of carbonyl (C=O) groups is 2. The van der Waals surface area contributed by atoms with Gasteiger partial charge in [0.15, 0.2) is 0 Å². The molecule has 2 heterocycles. The maximum Gasteiger partial charge on any atom is 0.329 e. The Labute approximate surface area is 135 Å². The number of hydrogen-bond acceptors (Lipinski definition) is 5. The third-order valence-electron chi connectivity index (χ3n) is 4.78. The van der Waals surface area contributed by atoms with Crippen LogP contribution in [0, 0.1) is 17.2 Å². The molecule has 7 nitrogen and oxygen atoms in total. The van der Waals surface area contributed by atoms with Gasteiger partial charge in [-0.2, -0.15) is 5.26 Å². The van der Waals surface area contributed by atoms with Crippen LogP contribution in [0.2, 0.25) is 0 Å². The van der Waals surface area contributed by atoms with E-state index >= 15 is 0 Å². The van der Waals surface area contributed by atoms with Crippen LogP contribution in [0.4, 0.5) is 0 Å². The van der Waals surface area contributed by atoms with Gasteiger partial charge in [0, 0.05) is 12.6 Å². The molecular formula is C14H20ClN3O4. The highest BCUT2D eigenvalue weighted by molar-refractivity contribution is 5.85. The third kappa shape index (κ3) is 3.05. The van der Waals surface area contributed by atoms with Gasteiger partial charge >= 0.3 is 5.97 Å². The van der Waals surface area contributed by atoms with E-state index < -0.39 is 5.97 Å². The highest BCUT2D eigenvalue weighted by Crippen LogP contribution is 2.38. The Morgan fingerprint density at radius 1 is 1.41 bits per heavy atom. The number of amides is 1. The second-order valence-electron chi connectivity index (χ2n) is 6.04. The number of nitrogens with one attached hydrogen (secondary N) is 1. The predicted octanol–water partition coefficient (Wildman–Crippen LogP) is 0.143. The number of likely N-dealkylation sites (tertiary alicyclic amines) is 1. The fourth-order valence-electron chi connectivity index (χ4n) is 3.83. The molecule has 3 rings (SSSR count). The molecule has 2 aliphatic heterocycles. The first-order valence-electron chi connectivity index (χ1n) is 7.39. The first kappa shape index (κ1) is 17.0. The van der Waals surface area contributed by atoms with Crippen LogP contribution in [0.3, 0.4) is 0 Å². The standard InChI is InChI=1S/C14H19N3O4.ClH/c15-6-9-2-1-3-17(9)14(20)13-8-4-10(16-13)11(5-8)21-7-12(18)19;/h8-11,13,16H,1-5,7H2,(H,18,19);1H/t8-,9+,10+,11-,13+;/m1./s1. The van der Waals surface area contributed by atoms with Gasteiger partial charge in [0.1, 0.15) is 12.6 Å². The Hall–Kier alpha value is -1.36. The SMILES string of the molecule is Cl.N#C[C@@H]1CCCN1C(=O)[C@H]1N[C@H]2C[C@@H]1C[C@H]2OCC(=O)O. The summed E-state index contributed by atoms with van der Waals surface area (Å²) in [6.45, 7) is 0.363. The fraction of sp³-hybridized carbons (Fsp3) is 0.786. The molecule has 0 aromatic heterocycles. The Kier molecular flexibility index (Phi) is 5.27. The van der Waals surface area contributed by atoms with E-state index in [1.807, 2.05) is 0 Å². The molecule has 22 heavy (non-hydrogen) atoms. The first-order valence-corrected chi connectivity index (χ1v) is 7.39. The van der Waals surface area contributed by atoms with Crippen LogP contribution in [0.15, 0.2) is 0 Å². The van der Waals surface area contributed by atoms with Crippen LogP contribution in [0.25, 0.3) is 0 Å². The number of hydrogen-bond donors (Lipinski definition) is 2. The summed E-state index contributed by atoms with van der Waals surface area (Å²) < 4.78 is 5.35. The monoisotopic (exact) mass is 329 g/mol. The molecule has 5 atom stereocenters. The van der Waals surface area contributed by atoms with Gasteiger partial charge in [-0.3, -0.25) is 4.79 Å². The third-order valence-corrected chi connectivity index (χ3v) is 4.78. The van der Waals surface area contributed by atoms with Crippen molar-refractivity contribution in [2.75, 3.05) is 13.2 Å². The van der Waals surface area contributed by atoms with E-state index in [-0.39, 0.29) is 55.1 Å². The van der Waals surface area contributed by atoms with Gasteiger partial charge < -0.3 is 20.1 Å². The second-order valence-corrected chi connectivity index (χ2v) is 6.04. The lowest BCUT2D eigenvalue weighted by Gasteiger charge is -2.31. The lowest BCUT2D eigenvalue weighted by Crippen LogP contribution is -2.54. The zero-order chi connectivity index (χ0) is 15.0. The number of halogens is 1. The van der Waals surface area contributed by atoms with Crippen LogP contribution in [-0.2, 0) is 14.3 Å². The van der Waals surface area contributed by atoms with E-state index in [1.54, 1.807) is 4.90 Å². The van der Waals surface area contributed by atoms with Crippen LogP contribution < -0.4 is 5.32 Å². The molecule has 3 aliphatic rings. The number of fused-ring (bicyclic) bond motifs is 2. The molecule has 2 N–H and O–H groups in total. The van der Waals surface area contributed by atoms with E-state index in [1.165, 1.54) is 0 Å². The maximum atomic E-state index is 12.6. The van der Waals surface area contributed by atoms with Crippen LogP contribution >= 0.6 is 12.4 Å². The van der Waals surface area contributed by atoms with Crippen molar-refractivity contribution in [2.24, 2.45) is 5.92 Å². The number of carboxylic acid groups (broad SMARTS) is 1. The minimum absolute atomic E-state index is 0. The molecule has 1 amide bonds. The summed E-state index contributed by atoms with van der Waals surface area (Å²) in [7, 11) is 0. The van der Waals surface area contributed by atoms with Crippen molar-refractivity contribution in [3.05, 3.63) is 0 Å². The van der Waals surface area contributed by atoms with Crippen LogP contribution in [-0.4, -0.2) is 59.3 Å². The first-order chi connectivity index (χ1) is 10.1. The zero-order valence-corrected chi connectivity index (χ0v) is 12.9. The average molecular weight is 330 g/mol. The van der Waals surface area contributed by atoms with Crippen molar-refractivity contribution in [3.8, 4) is 6.07 Å². The normalized spacial score (nSPS) is 36.0. The number of carboxylic acids is 1. The number of carbonyl (C=O) groups excluding carboxylic acids is 1. The molecule has 2 bridgehead atoms. The Morgan fingerprint density at radius 2 is 2.18 bits per heavy atom. The number of nitrogens with zero attached hydrogens (tertiary/aromatic N) is 2. The van der Waals surface area contributed by atoms with Crippen LogP contribution in [0.1, 0.15) is 25.7 Å². The lowest BCUT2D eigenvalue weighted by molar-refractivity contribution is -0.146. The van der Waals surface area contributed by atoms with E-state index in [0.717, 1.165) is 19.3 Å². The van der Waals surface area contributed by atoms with Gasteiger partial charge in [-0.1, -0.05) is 0 Å². The minimum Gasteiger partial charge on any atom is -0.480 e. The van der Waals surface area contributed by atoms with E-state index in [2.05, 4.69) is 11.4 Å². The summed E-state index contributed by atoms with van der Waals surface area (Å²) in [5.41, 5.74) is 0. The summed E-state index contributed by atoms with van der Waals surface area (Å²) in [4.78, 5) is 24.8. The van der Waals surface area contributed by atoms with Crippen molar-refractivity contribution < 1.29 is 19.4 Å². The van der Waals surface area contributed by atoms with Gasteiger partial charge in [0.25, 0.3) is 0 Å². The molecule has 0 spiro atoms. The quantitative estimate of drug-likeness (QED) is 0.760. The van der Waals surface area contributed by atoms with Crippen molar-refractivity contribution >= 4 is 24.3 Å². The van der Waals surface area contributed by atoms with Gasteiger partial charge in [-0.05, 0) is 31.6 Å². The van der Waals surface area contributed by atoms with Crippen LogP contribution in [0.5, 0.6) is 0 Å². The van der Waals surface area contributed by atoms with Crippen molar-refractivity contribution in [1.29, 1.82) is 5.26 Å². The average Bonchev–Trinajstić information content (AvgIpc) is 3.17.